The van der Waals surface area contributed by atoms with Crippen LogP contribution >= 0.6 is 11.6 Å². The average Bonchev–Trinajstić information content (AvgIpc) is 2.54. The van der Waals surface area contributed by atoms with Crippen LogP contribution < -0.4 is 5.43 Å². The van der Waals surface area contributed by atoms with Gasteiger partial charge in [0.1, 0.15) is 0 Å². The zero-order chi connectivity index (χ0) is 18.4. The van der Waals surface area contributed by atoms with Gasteiger partial charge in [0.25, 0.3) is 5.91 Å². The summed E-state index contributed by atoms with van der Waals surface area (Å²) >= 11 is 5.82. The number of allylic oxidation sites excluding steroid dienone is 4. The van der Waals surface area contributed by atoms with Gasteiger partial charge in [0.15, 0.2) is 0 Å². The summed E-state index contributed by atoms with van der Waals surface area (Å²) in [5.41, 5.74) is 7.46. The van der Waals surface area contributed by atoms with Crippen molar-refractivity contribution >= 4 is 23.7 Å². The smallest absolute Gasteiger partial charge is 0.267 e. The lowest BCUT2D eigenvalue weighted by Crippen LogP contribution is -2.20. The highest BCUT2D eigenvalue weighted by Crippen LogP contribution is 2.41. The van der Waals surface area contributed by atoms with E-state index in [0.29, 0.717) is 10.6 Å². The molecule has 0 unspecified atom stereocenters. The number of hydrogen-bond donors (Lipinski definition) is 1. The third kappa shape index (κ3) is 5.57. The highest BCUT2D eigenvalue weighted by atomic mass is 35.5. The van der Waals surface area contributed by atoms with Crippen LogP contribution in [-0.2, 0) is 0 Å². The van der Waals surface area contributed by atoms with E-state index in [1.54, 1.807) is 30.5 Å². The quantitative estimate of drug-likeness (QED) is 0.396. The maximum Gasteiger partial charge on any atom is 0.271 e. The van der Waals surface area contributed by atoms with Crippen LogP contribution in [0.1, 0.15) is 63.7 Å². The molecule has 1 aromatic carbocycles. The molecule has 1 N–H and O–H groups in total. The minimum absolute atomic E-state index is 0.243. The van der Waals surface area contributed by atoms with E-state index in [1.807, 2.05) is 6.92 Å². The van der Waals surface area contributed by atoms with Gasteiger partial charge in [-0.1, -0.05) is 42.7 Å². The van der Waals surface area contributed by atoms with E-state index in [1.165, 1.54) is 30.4 Å². The summed E-state index contributed by atoms with van der Waals surface area (Å²) < 4.78 is 0. The van der Waals surface area contributed by atoms with Crippen LogP contribution in [0.3, 0.4) is 0 Å². The van der Waals surface area contributed by atoms with Crippen LogP contribution in [0.2, 0.25) is 5.02 Å². The van der Waals surface area contributed by atoms with E-state index >= 15 is 0 Å². The molecule has 0 fully saturated rings. The fourth-order valence-corrected chi connectivity index (χ4v) is 3.43. The summed E-state index contributed by atoms with van der Waals surface area (Å²) in [5, 5.41) is 4.65. The summed E-state index contributed by atoms with van der Waals surface area (Å²) in [6, 6.07) is 6.73. The molecule has 0 atom stereocenters. The van der Waals surface area contributed by atoms with Crippen LogP contribution in [0.5, 0.6) is 0 Å². The van der Waals surface area contributed by atoms with Crippen LogP contribution in [-0.4, -0.2) is 12.1 Å². The Bertz CT molecular complexity index is 712. The zero-order valence-corrected chi connectivity index (χ0v) is 16.3. The Labute approximate surface area is 155 Å². The fraction of sp³-hybridized carbons (Fsp3) is 0.429. The van der Waals surface area contributed by atoms with Gasteiger partial charge >= 0.3 is 0 Å². The second kappa shape index (κ2) is 8.48. The molecule has 1 aliphatic rings. The molecule has 1 aliphatic carbocycles. The predicted octanol–water partition coefficient (Wildman–Crippen LogP) is 5.92. The second-order valence-electron chi connectivity index (χ2n) is 7.35. The van der Waals surface area contributed by atoms with Crippen LogP contribution in [0.4, 0.5) is 0 Å². The molecule has 134 valence electrons. The van der Waals surface area contributed by atoms with Crippen molar-refractivity contribution in [3.8, 4) is 0 Å². The van der Waals surface area contributed by atoms with E-state index in [4.69, 9.17) is 11.6 Å². The third-order valence-electron chi connectivity index (χ3n) is 4.85. The van der Waals surface area contributed by atoms with Crippen molar-refractivity contribution in [1.82, 2.24) is 5.43 Å². The standard InChI is InChI=1S/C21H27ClN2O/c1-15(7-12-19-16(2)6-5-13-21(19,3)4)14-23-24-20(25)17-8-10-18(22)11-9-17/h7-11,14H,5-6,12-13H2,1-4H3,(H,24,25). The second-order valence-corrected chi connectivity index (χ2v) is 7.79. The molecule has 25 heavy (non-hydrogen) atoms. The van der Waals surface area contributed by atoms with Crippen molar-refractivity contribution in [1.29, 1.82) is 0 Å². The lowest BCUT2D eigenvalue weighted by atomic mass is 9.71. The highest BCUT2D eigenvalue weighted by molar-refractivity contribution is 6.30. The molecule has 4 heteroatoms. The van der Waals surface area contributed by atoms with Gasteiger partial charge in [0.2, 0.25) is 0 Å². The van der Waals surface area contributed by atoms with Crippen LogP contribution in [0.15, 0.2) is 52.2 Å². The Morgan fingerprint density at radius 1 is 1.32 bits per heavy atom. The van der Waals surface area contributed by atoms with Gasteiger partial charge in [-0.25, -0.2) is 5.43 Å². The number of nitrogens with zero attached hydrogens (tertiary/aromatic N) is 1. The van der Waals surface area contributed by atoms with Crippen molar-refractivity contribution in [2.45, 2.75) is 53.4 Å². The van der Waals surface area contributed by atoms with Crippen molar-refractivity contribution in [2.75, 3.05) is 0 Å². The summed E-state index contributed by atoms with van der Waals surface area (Å²) in [4.78, 5) is 12.0. The fourth-order valence-electron chi connectivity index (χ4n) is 3.30. The Balaban J connectivity index is 1.93. The number of halogens is 1. The minimum Gasteiger partial charge on any atom is -0.267 e. The molecule has 0 aliphatic heterocycles. The van der Waals surface area contributed by atoms with Gasteiger partial charge in [0, 0.05) is 16.8 Å². The Kier molecular flexibility index (Phi) is 6.60. The molecule has 1 aromatic rings. The largest absolute Gasteiger partial charge is 0.271 e. The topological polar surface area (TPSA) is 41.5 Å². The minimum atomic E-state index is -0.243. The van der Waals surface area contributed by atoms with Gasteiger partial charge < -0.3 is 0 Å². The molecule has 0 spiro atoms. The average molecular weight is 359 g/mol. The third-order valence-corrected chi connectivity index (χ3v) is 5.11. The van der Waals surface area contributed by atoms with Crippen LogP contribution in [0, 0.1) is 5.41 Å². The Hall–Kier alpha value is -1.87. The number of benzene rings is 1. The summed E-state index contributed by atoms with van der Waals surface area (Å²) in [6.45, 7) is 8.91. The van der Waals surface area contributed by atoms with Gasteiger partial charge in [-0.05, 0) is 74.8 Å². The van der Waals surface area contributed by atoms with Crippen molar-refractivity contribution in [3.63, 3.8) is 0 Å². The normalized spacial score (nSPS) is 17.9. The van der Waals surface area contributed by atoms with Crippen molar-refractivity contribution in [3.05, 3.63) is 57.6 Å². The maximum absolute atomic E-state index is 12.0. The molecule has 0 radical (unpaired) electrons. The van der Waals surface area contributed by atoms with E-state index in [9.17, 15) is 4.79 Å². The molecule has 3 nitrogen and oxygen atoms in total. The zero-order valence-electron chi connectivity index (χ0n) is 15.5. The van der Waals surface area contributed by atoms with E-state index in [-0.39, 0.29) is 11.3 Å². The lowest BCUT2D eigenvalue weighted by Gasteiger charge is -2.34. The number of amides is 1. The number of hydrogen-bond acceptors (Lipinski definition) is 2. The molecule has 0 bridgehead atoms. The number of carbonyl (C=O) groups excluding carboxylic acids is 1. The van der Waals surface area contributed by atoms with Gasteiger partial charge in [-0.15, -0.1) is 0 Å². The number of nitrogens with one attached hydrogen (secondary N) is 1. The first-order valence-corrected chi connectivity index (χ1v) is 9.12. The van der Waals surface area contributed by atoms with Crippen LogP contribution in [0.25, 0.3) is 0 Å². The molecule has 0 aromatic heterocycles. The number of hydrazone groups is 1. The molecule has 2 rings (SSSR count). The molecule has 0 saturated heterocycles. The predicted molar refractivity (Wildman–Crippen MR) is 106 cm³/mol. The number of carbonyl (C=O) groups is 1. The summed E-state index contributed by atoms with van der Waals surface area (Å²) in [6.07, 6.45) is 8.56. The number of rotatable bonds is 5. The van der Waals surface area contributed by atoms with E-state index in [2.05, 4.69) is 37.4 Å². The van der Waals surface area contributed by atoms with E-state index < -0.39 is 0 Å². The monoisotopic (exact) mass is 358 g/mol. The molecule has 1 amide bonds. The molecular weight excluding hydrogens is 332 g/mol. The highest BCUT2D eigenvalue weighted by Gasteiger charge is 2.27. The Morgan fingerprint density at radius 2 is 2.00 bits per heavy atom. The van der Waals surface area contributed by atoms with Crippen molar-refractivity contribution < 1.29 is 4.79 Å². The SMILES string of the molecule is CC(C=NNC(=O)c1ccc(Cl)cc1)=CCC1=C(C)CCCC1(C)C. The molecular formula is C21H27ClN2O. The summed E-state index contributed by atoms with van der Waals surface area (Å²) in [7, 11) is 0. The van der Waals surface area contributed by atoms with Crippen molar-refractivity contribution in [2.24, 2.45) is 10.5 Å². The van der Waals surface area contributed by atoms with Gasteiger partial charge in [0.05, 0.1) is 0 Å². The first-order chi connectivity index (χ1) is 11.8. The lowest BCUT2D eigenvalue weighted by molar-refractivity contribution is 0.0955. The first-order valence-electron chi connectivity index (χ1n) is 8.74. The molecule has 0 heterocycles. The summed E-state index contributed by atoms with van der Waals surface area (Å²) in [5.74, 6) is -0.243. The van der Waals surface area contributed by atoms with Gasteiger partial charge in [-0.3, -0.25) is 4.79 Å². The molecule has 0 saturated carbocycles. The Morgan fingerprint density at radius 3 is 2.64 bits per heavy atom. The maximum atomic E-state index is 12.0. The van der Waals surface area contributed by atoms with Gasteiger partial charge in [-0.2, -0.15) is 5.10 Å². The van der Waals surface area contributed by atoms with E-state index in [0.717, 1.165) is 12.0 Å². The first kappa shape index (κ1) is 19.5.